The molecule has 1 aliphatic rings. The van der Waals surface area contributed by atoms with Crippen LogP contribution in [-0.4, -0.2) is 23.1 Å². The van der Waals surface area contributed by atoms with Crippen molar-refractivity contribution in [3.63, 3.8) is 0 Å². The van der Waals surface area contributed by atoms with Gasteiger partial charge in [0.2, 0.25) is 0 Å². The molecule has 0 aliphatic carbocycles. The van der Waals surface area contributed by atoms with E-state index in [1.54, 1.807) is 12.1 Å². The highest BCUT2D eigenvalue weighted by Gasteiger charge is 2.29. The van der Waals surface area contributed by atoms with E-state index in [0.29, 0.717) is 6.04 Å². The number of alkyl halides is 3. The standard InChI is InChI=1S/C14H15F3N2S/c15-14(16,17)20-11-3-4-13-12(7-11)9(8-19-13)6-10-2-1-5-18-10/h3-4,7-8,10,18-19H,1-2,5-6H2. The molecule has 0 radical (unpaired) electrons. The van der Waals surface area contributed by atoms with E-state index in [2.05, 4.69) is 10.3 Å². The average molecular weight is 300 g/mol. The monoisotopic (exact) mass is 300 g/mol. The van der Waals surface area contributed by atoms with Crippen LogP contribution < -0.4 is 5.32 Å². The van der Waals surface area contributed by atoms with Crippen molar-refractivity contribution in [1.29, 1.82) is 0 Å². The highest BCUT2D eigenvalue weighted by atomic mass is 32.2. The second-order valence-electron chi connectivity index (χ2n) is 5.07. The predicted molar refractivity (Wildman–Crippen MR) is 74.9 cm³/mol. The Morgan fingerprint density at radius 3 is 2.85 bits per heavy atom. The van der Waals surface area contributed by atoms with E-state index in [1.165, 1.54) is 12.5 Å². The van der Waals surface area contributed by atoms with E-state index in [9.17, 15) is 13.2 Å². The minimum absolute atomic E-state index is 0.0591. The summed E-state index contributed by atoms with van der Waals surface area (Å²) < 4.78 is 37.3. The Bertz CT molecular complexity index is 600. The van der Waals surface area contributed by atoms with E-state index in [1.807, 2.05) is 6.20 Å². The molecule has 3 rings (SSSR count). The summed E-state index contributed by atoms with van der Waals surface area (Å²) in [6.45, 7) is 1.03. The van der Waals surface area contributed by atoms with Gasteiger partial charge in [-0.25, -0.2) is 0 Å². The van der Waals surface area contributed by atoms with Crippen LogP contribution in [0.5, 0.6) is 0 Å². The number of fused-ring (bicyclic) bond motifs is 1. The molecular formula is C14H15F3N2S. The first-order valence-corrected chi connectivity index (χ1v) is 7.42. The normalized spacial score (nSPS) is 19.9. The van der Waals surface area contributed by atoms with Gasteiger partial charge in [0, 0.05) is 28.0 Å². The van der Waals surface area contributed by atoms with Crippen LogP contribution in [0.1, 0.15) is 18.4 Å². The number of aromatic nitrogens is 1. The lowest BCUT2D eigenvalue weighted by Crippen LogP contribution is -2.23. The lowest BCUT2D eigenvalue weighted by molar-refractivity contribution is -0.0328. The van der Waals surface area contributed by atoms with Gasteiger partial charge >= 0.3 is 5.51 Å². The molecule has 1 aliphatic heterocycles. The van der Waals surface area contributed by atoms with E-state index in [4.69, 9.17) is 0 Å². The zero-order chi connectivity index (χ0) is 14.2. The van der Waals surface area contributed by atoms with Crippen molar-refractivity contribution in [3.05, 3.63) is 30.0 Å². The van der Waals surface area contributed by atoms with Gasteiger partial charge in [0.25, 0.3) is 0 Å². The maximum atomic E-state index is 12.4. The second-order valence-corrected chi connectivity index (χ2v) is 6.20. The van der Waals surface area contributed by atoms with Crippen LogP contribution >= 0.6 is 11.8 Å². The first-order chi connectivity index (χ1) is 9.51. The topological polar surface area (TPSA) is 27.8 Å². The lowest BCUT2D eigenvalue weighted by Gasteiger charge is -2.09. The van der Waals surface area contributed by atoms with Crippen LogP contribution in [-0.2, 0) is 6.42 Å². The third-order valence-electron chi connectivity index (χ3n) is 3.60. The van der Waals surface area contributed by atoms with Crippen LogP contribution in [0, 0.1) is 0 Å². The molecule has 0 spiro atoms. The van der Waals surface area contributed by atoms with Gasteiger partial charge in [0.1, 0.15) is 0 Å². The number of thioether (sulfide) groups is 1. The molecule has 0 bridgehead atoms. The first kappa shape index (κ1) is 13.8. The molecule has 6 heteroatoms. The molecule has 2 N–H and O–H groups in total. The molecular weight excluding hydrogens is 285 g/mol. The van der Waals surface area contributed by atoms with Crippen LogP contribution in [0.4, 0.5) is 13.2 Å². The van der Waals surface area contributed by atoms with Gasteiger partial charge in [0.15, 0.2) is 0 Å². The predicted octanol–water partition coefficient (Wildman–Crippen LogP) is 4.07. The fourth-order valence-corrected chi connectivity index (χ4v) is 3.30. The number of H-pyrrole nitrogens is 1. The number of hydrogen-bond acceptors (Lipinski definition) is 2. The van der Waals surface area contributed by atoms with Crippen molar-refractivity contribution in [2.75, 3.05) is 6.54 Å². The van der Waals surface area contributed by atoms with Gasteiger partial charge in [-0.3, -0.25) is 0 Å². The second kappa shape index (κ2) is 5.33. The van der Waals surface area contributed by atoms with E-state index >= 15 is 0 Å². The molecule has 1 saturated heterocycles. The van der Waals surface area contributed by atoms with Crippen molar-refractivity contribution < 1.29 is 13.2 Å². The maximum absolute atomic E-state index is 12.4. The number of benzene rings is 1. The summed E-state index contributed by atoms with van der Waals surface area (Å²) in [7, 11) is 0. The maximum Gasteiger partial charge on any atom is 0.446 e. The summed E-state index contributed by atoms with van der Waals surface area (Å²) in [5.74, 6) is 0. The Labute approximate surface area is 119 Å². The molecule has 108 valence electrons. The molecule has 2 nitrogen and oxygen atoms in total. The Kier molecular flexibility index (Phi) is 3.69. The zero-order valence-electron chi connectivity index (χ0n) is 10.8. The molecule has 1 unspecified atom stereocenters. The van der Waals surface area contributed by atoms with Crippen LogP contribution in [0.15, 0.2) is 29.3 Å². The minimum Gasteiger partial charge on any atom is -0.361 e. The highest BCUT2D eigenvalue weighted by molar-refractivity contribution is 8.00. The van der Waals surface area contributed by atoms with Crippen molar-refractivity contribution in [2.45, 2.75) is 35.7 Å². The lowest BCUT2D eigenvalue weighted by atomic mass is 10.0. The highest BCUT2D eigenvalue weighted by Crippen LogP contribution is 2.38. The third-order valence-corrected chi connectivity index (χ3v) is 4.32. The Morgan fingerprint density at radius 1 is 1.30 bits per heavy atom. The summed E-state index contributed by atoms with van der Waals surface area (Å²) in [5, 5.41) is 4.31. The molecule has 1 aromatic heterocycles. The van der Waals surface area contributed by atoms with E-state index < -0.39 is 5.51 Å². The number of halogens is 3. The molecule has 20 heavy (non-hydrogen) atoms. The molecule has 1 atom stereocenters. The summed E-state index contributed by atoms with van der Waals surface area (Å²) in [5.41, 5.74) is -2.26. The smallest absolute Gasteiger partial charge is 0.361 e. The largest absolute Gasteiger partial charge is 0.446 e. The van der Waals surface area contributed by atoms with Gasteiger partial charge < -0.3 is 10.3 Å². The van der Waals surface area contributed by atoms with Crippen LogP contribution in [0.2, 0.25) is 0 Å². The number of nitrogens with one attached hydrogen (secondary N) is 2. The van der Waals surface area contributed by atoms with Crippen molar-refractivity contribution >= 4 is 22.7 Å². The molecule has 0 saturated carbocycles. The van der Waals surface area contributed by atoms with Crippen molar-refractivity contribution in [2.24, 2.45) is 0 Å². The summed E-state index contributed by atoms with van der Waals surface area (Å²) in [6, 6.07) is 5.30. The molecule has 2 heterocycles. The van der Waals surface area contributed by atoms with Gasteiger partial charge in [-0.15, -0.1) is 0 Å². The Balaban J connectivity index is 1.87. The molecule has 1 aromatic carbocycles. The fourth-order valence-electron chi connectivity index (χ4n) is 2.72. The Morgan fingerprint density at radius 2 is 2.15 bits per heavy atom. The van der Waals surface area contributed by atoms with Crippen molar-refractivity contribution in [3.8, 4) is 0 Å². The average Bonchev–Trinajstić information content (AvgIpc) is 2.98. The number of rotatable bonds is 3. The number of hydrogen-bond donors (Lipinski definition) is 2. The fraction of sp³-hybridized carbons (Fsp3) is 0.429. The van der Waals surface area contributed by atoms with Gasteiger partial charge in [0.05, 0.1) is 0 Å². The van der Waals surface area contributed by atoms with Crippen molar-refractivity contribution in [1.82, 2.24) is 10.3 Å². The van der Waals surface area contributed by atoms with E-state index in [-0.39, 0.29) is 16.7 Å². The van der Waals surface area contributed by atoms with Crippen LogP contribution in [0.3, 0.4) is 0 Å². The third kappa shape index (κ3) is 3.12. The minimum atomic E-state index is -4.24. The summed E-state index contributed by atoms with van der Waals surface area (Å²) in [6.07, 6.45) is 5.07. The van der Waals surface area contributed by atoms with Gasteiger partial charge in [-0.2, -0.15) is 13.2 Å². The van der Waals surface area contributed by atoms with E-state index in [0.717, 1.165) is 35.9 Å². The first-order valence-electron chi connectivity index (χ1n) is 6.60. The SMILES string of the molecule is FC(F)(F)Sc1ccc2[nH]cc(CC3CCCN3)c2c1. The Hall–Kier alpha value is -1.14. The summed E-state index contributed by atoms with van der Waals surface area (Å²) >= 11 is -0.0591. The number of aromatic amines is 1. The summed E-state index contributed by atoms with van der Waals surface area (Å²) in [4.78, 5) is 3.37. The zero-order valence-corrected chi connectivity index (χ0v) is 11.6. The molecule has 0 amide bonds. The van der Waals surface area contributed by atoms with Crippen LogP contribution in [0.25, 0.3) is 10.9 Å². The molecule has 2 aromatic rings. The van der Waals surface area contributed by atoms with Gasteiger partial charge in [-0.05, 0) is 61.3 Å². The molecule has 1 fully saturated rings. The van der Waals surface area contributed by atoms with Gasteiger partial charge in [-0.1, -0.05) is 0 Å². The quantitative estimate of drug-likeness (QED) is 0.836.